The van der Waals surface area contributed by atoms with Crippen molar-refractivity contribution >= 4 is 0 Å². The molecule has 0 saturated heterocycles. The van der Waals surface area contributed by atoms with Crippen LogP contribution in [0.4, 0.5) is 0 Å². The van der Waals surface area contributed by atoms with Crippen molar-refractivity contribution in [3.05, 3.63) is 77.9 Å². The highest BCUT2D eigenvalue weighted by atomic mass is 16.3. The molecule has 20 heavy (non-hydrogen) atoms. The van der Waals surface area contributed by atoms with Gasteiger partial charge in [-0.25, -0.2) is 0 Å². The van der Waals surface area contributed by atoms with E-state index >= 15 is 0 Å². The summed E-state index contributed by atoms with van der Waals surface area (Å²) in [6, 6.07) is 22.5. The maximum absolute atomic E-state index is 10.2. The first-order chi connectivity index (χ1) is 9.84. The fourth-order valence-corrected chi connectivity index (χ4v) is 3.12. The Bertz CT molecular complexity index is 788. The SMILES string of the molecule is Oc1ccc(-c2ccccc2)c2c1-c1ccccc1C2. The van der Waals surface area contributed by atoms with Crippen molar-refractivity contribution in [2.75, 3.05) is 0 Å². The van der Waals surface area contributed by atoms with Crippen molar-refractivity contribution in [2.45, 2.75) is 6.42 Å². The van der Waals surface area contributed by atoms with Crippen LogP contribution in [-0.4, -0.2) is 5.11 Å². The van der Waals surface area contributed by atoms with Crippen molar-refractivity contribution in [1.82, 2.24) is 0 Å². The lowest BCUT2D eigenvalue weighted by Crippen LogP contribution is -1.88. The maximum Gasteiger partial charge on any atom is 0.123 e. The number of aromatic hydroxyl groups is 1. The summed E-state index contributed by atoms with van der Waals surface area (Å²) < 4.78 is 0. The Hall–Kier alpha value is -2.54. The quantitative estimate of drug-likeness (QED) is 0.527. The van der Waals surface area contributed by atoms with Gasteiger partial charge in [0, 0.05) is 5.56 Å². The van der Waals surface area contributed by atoms with Gasteiger partial charge in [-0.15, -0.1) is 0 Å². The van der Waals surface area contributed by atoms with E-state index in [-0.39, 0.29) is 0 Å². The van der Waals surface area contributed by atoms with Crippen LogP contribution in [0.3, 0.4) is 0 Å². The topological polar surface area (TPSA) is 20.2 Å². The van der Waals surface area contributed by atoms with Gasteiger partial charge in [-0.3, -0.25) is 0 Å². The van der Waals surface area contributed by atoms with Crippen molar-refractivity contribution < 1.29 is 5.11 Å². The third-order valence-corrected chi connectivity index (χ3v) is 4.03. The summed E-state index contributed by atoms with van der Waals surface area (Å²) in [5, 5.41) is 10.2. The minimum absolute atomic E-state index is 0.379. The van der Waals surface area contributed by atoms with Crippen LogP contribution in [0.1, 0.15) is 11.1 Å². The summed E-state index contributed by atoms with van der Waals surface area (Å²) in [5.41, 5.74) is 7.12. The molecule has 1 aliphatic carbocycles. The predicted molar refractivity (Wildman–Crippen MR) is 81.8 cm³/mol. The molecule has 1 aliphatic rings. The third kappa shape index (κ3) is 1.56. The molecule has 3 aromatic carbocycles. The molecule has 0 unspecified atom stereocenters. The summed E-state index contributed by atoms with van der Waals surface area (Å²) in [6.07, 6.45) is 0.893. The first-order valence-electron chi connectivity index (χ1n) is 6.83. The summed E-state index contributed by atoms with van der Waals surface area (Å²) in [6.45, 7) is 0. The van der Waals surface area contributed by atoms with Gasteiger partial charge in [0.05, 0.1) is 0 Å². The van der Waals surface area contributed by atoms with Crippen LogP contribution < -0.4 is 0 Å². The number of rotatable bonds is 1. The van der Waals surface area contributed by atoms with Gasteiger partial charge in [0.25, 0.3) is 0 Å². The fourth-order valence-electron chi connectivity index (χ4n) is 3.12. The molecule has 0 spiro atoms. The molecule has 0 bridgehead atoms. The zero-order valence-corrected chi connectivity index (χ0v) is 11.0. The zero-order chi connectivity index (χ0) is 13.5. The fraction of sp³-hybridized carbons (Fsp3) is 0.0526. The Balaban J connectivity index is 2.00. The highest BCUT2D eigenvalue weighted by Crippen LogP contribution is 2.46. The normalized spacial score (nSPS) is 12.0. The van der Waals surface area contributed by atoms with E-state index in [0.29, 0.717) is 5.75 Å². The molecule has 96 valence electrons. The first-order valence-corrected chi connectivity index (χ1v) is 6.83. The van der Waals surface area contributed by atoms with Crippen LogP contribution in [0, 0.1) is 0 Å². The lowest BCUT2D eigenvalue weighted by Gasteiger charge is -2.10. The lowest BCUT2D eigenvalue weighted by molar-refractivity contribution is 0.477. The van der Waals surface area contributed by atoms with Crippen molar-refractivity contribution in [2.24, 2.45) is 0 Å². The first kappa shape index (κ1) is 11.3. The Kier molecular flexibility index (Phi) is 2.40. The summed E-state index contributed by atoms with van der Waals surface area (Å²) >= 11 is 0. The zero-order valence-electron chi connectivity index (χ0n) is 11.0. The number of phenols is 1. The van der Waals surface area contributed by atoms with Crippen LogP contribution in [0.25, 0.3) is 22.3 Å². The number of phenolic OH excluding ortho intramolecular Hbond substituents is 1. The van der Waals surface area contributed by atoms with E-state index in [1.807, 2.05) is 24.3 Å². The van der Waals surface area contributed by atoms with E-state index < -0.39 is 0 Å². The molecule has 0 heterocycles. The molecule has 0 aliphatic heterocycles. The summed E-state index contributed by atoms with van der Waals surface area (Å²) in [5.74, 6) is 0.379. The molecule has 3 aromatic rings. The standard InChI is InChI=1S/C19H14O/c20-18-11-10-15(13-6-2-1-3-7-13)17-12-14-8-4-5-9-16(14)19(17)18/h1-11,20H,12H2. The van der Waals surface area contributed by atoms with E-state index in [4.69, 9.17) is 0 Å². The summed E-state index contributed by atoms with van der Waals surface area (Å²) in [7, 11) is 0. The van der Waals surface area contributed by atoms with E-state index in [9.17, 15) is 5.11 Å². The Morgan fingerprint density at radius 1 is 0.700 bits per heavy atom. The van der Waals surface area contributed by atoms with Gasteiger partial charge in [-0.2, -0.15) is 0 Å². The van der Waals surface area contributed by atoms with Crippen LogP contribution in [0.2, 0.25) is 0 Å². The maximum atomic E-state index is 10.2. The third-order valence-electron chi connectivity index (χ3n) is 4.03. The largest absolute Gasteiger partial charge is 0.507 e. The smallest absolute Gasteiger partial charge is 0.123 e. The number of hydrogen-bond donors (Lipinski definition) is 1. The van der Waals surface area contributed by atoms with E-state index in [0.717, 1.165) is 17.5 Å². The molecule has 0 saturated carbocycles. The van der Waals surface area contributed by atoms with Crippen molar-refractivity contribution in [1.29, 1.82) is 0 Å². The molecule has 1 heteroatoms. The minimum Gasteiger partial charge on any atom is -0.507 e. The molecular formula is C19H14O. The number of fused-ring (bicyclic) bond motifs is 3. The Labute approximate surface area is 118 Å². The van der Waals surface area contributed by atoms with Crippen LogP contribution in [0.5, 0.6) is 5.75 Å². The predicted octanol–water partition coefficient (Wildman–Crippen LogP) is 4.63. The lowest BCUT2D eigenvalue weighted by atomic mass is 9.95. The van der Waals surface area contributed by atoms with Crippen molar-refractivity contribution in [3.8, 4) is 28.0 Å². The second-order valence-corrected chi connectivity index (χ2v) is 5.19. The average Bonchev–Trinajstić information content (AvgIpc) is 2.88. The Morgan fingerprint density at radius 2 is 1.45 bits per heavy atom. The molecule has 4 rings (SSSR count). The summed E-state index contributed by atoms with van der Waals surface area (Å²) in [4.78, 5) is 0. The second-order valence-electron chi connectivity index (χ2n) is 5.19. The van der Waals surface area contributed by atoms with Gasteiger partial charge >= 0.3 is 0 Å². The second kappa shape index (κ2) is 4.24. The molecule has 0 amide bonds. The van der Waals surface area contributed by atoms with E-state index in [1.165, 1.54) is 22.3 Å². The molecule has 0 fully saturated rings. The van der Waals surface area contributed by atoms with Crippen LogP contribution in [0.15, 0.2) is 66.7 Å². The highest BCUT2D eigenvalue weighted by molar-refractivity contribution is 5.88. The van der Waals surface area contributed by atoms with Crippen LogP contribution >= 0.6 is 0 Å². The molecule has 1 nitrogen and oxygen atoms in total. The van der Waals surface area contributed by atoms with Gasteiger partial charge in [0.1, 0.15) is 5.75 Å². The number of hydrogen-bond acceptors (Lipinski definition) is 1. The molecule has 1 N–H and O–H groups in total. The van der Waals surface area contributed by atoms with Gasteiger partial charge in [0.15, 0.2) is 0 Å². The highest BCUT2D eigenvalue weighted by Gasteiger charge is 2.24. The molecule has 0 aromatic heterocycles. The molecular weight excluding hydrogens is 244 g/mol. The molecule has 0 radical (unpaired) electrons. The van der Waals surface area contributed by atoms with Gasteiger partial charge in [0.2, 0.25) is 0 Å². The van der Waals surface area contributed by atoms with Gasteiger partial charge in [-0.1, -0.05) is 60.7 Å². The van der Waals surface area contributed by atoms with Gasteiger partial charge < -0.3 is 5.11 Å². The van der Waals surface area contributed by atoms with E-state index in [2.05, 4.69) is 42.5 Å². The van der Waals surface area contributed by atoms with Gasteiger partial charge in [-0.05, 0) is 40.3 Å². The molecule has 0 atom stereocenters. The average molecular weight is 258 g/mol. The van der Waals surface area contributed by atoms with Crippen LogP contribution in [-0.2, 0) is 6.42 Å². The number of benzene rings is 3. The van der Waals surface area contributed by atoms with E-state index in [1.54, 1.807) is 0 Å². The van der Waals surface area contributed by atoms with Crippen molar-refractivity contribution in [3.63, 3.8) is 0 Å². The monoisotopic (exact) mass is 258 g/mol. The Morgan fingerprint density at radius 3 is 2.30 bits per heavy atom. The minimum atomic E-state index is 0.379.